The molecular weight excluding hydrogens is 406 g/mol. The van der Waals surface area contributed by atoms with Gasteiger partial charge in [-0.15, -0.1) is 5.11 Å². The molecule has 2 aromatic heterocycles. The van der Waals surface area contributed by atoms with E-state index >= 15 is 0 Å². The van der Waals surface area contributed by atoms with E-state index < -0.39 is 0 Å². The van der Waals surface area contributed by atoms with Crippen molar-refractivity contribution in [2.24, 2.45) is 24.4 Å². The number of nitrogens with zero attached hydrogens (tertiary/aromatic N) is 7. The highest BCUT2D eigenvalue weighted by Crippen LogP contribution is 2.21. The number of hydrogen-bond acceptors (Lipinski definition) is 4. The van der Waals surface area contributed by atoms with Gasteiger partial charge in [-0.2, -0.15) is 0 Å². The van der Waals surface area contributed by atoms with Gasteiger partial charge in [-0.3, -0.25) is 19.0 Å². The molecule has 0 aliphatic heterocycles. The zero-order valence-electron chi connectivity index (χ0n) is 18.7. The van der Waals surface area contributed by atoms with Crippen LogP contribution in [0, 0.1) is 13.8 Å². The van der Waals surface area contributed by atoms with Crippen LogP contribution in [0.3, 0.4) is 0 Å². The van der Waals surface area contributed by atoms with Gasteiger partial charge in [0, 0.05) is 21.1 Å². The predicted octanol–water partition coefficient (Wildman–Crippen LogP) is 3.42. The van der Waals surface area contributed by atoms with Gasteiger partial charge in [-0.25, -0.2) is 14.4 Å². The zero-order chi connectivity index (χ0) is 23.0. The normalized spacial score (nSPS) is 11.4. The number of aromatic nitrogens is 4. The van der Waals surface area contributed by atoms with E-state index in [1.54, 1.807) is 32.8 Å². The highest BCUT2D eigenvalue weighted by Gasteiger charge is 2.20. The first-order valence-corrected chi connectivity index (χ1v) is 10.2. The lowest BCUT2D eigenvalue weighted by atomic mass is 10.3. The molecule has 0 atom stereocenters. The van der Waals surface area contributed by atoms with Gasteiger partial charge in [0.1, 0.15) is 5.69 Å². The molecule has 0 radical (unpaired) electrons. The standard InChI is InChI=1S/C23H25N7O2/c1-16-20(22(31)29(27(16)4)18-12-8-6-9-13-18)24-25-26(3)21-17(2)28(5)30(23(21)32)19-14-10-7-11-15-19/h6-15H,1-5H3. The van der Waals surface area contributed by atoms with Crippen LogP contribution in [-0.2, 0) is 14.1 Å². The van der Waals surface area contributed by atoms with Crippen LogP contribution in [-0.4, -0.2) is 25.8 Å². The summed E-state index contributed by atoms with van der Waals surface area (Å²) in [5, 5.41) is 9.84. The second kappa shape index (κ2) is 8.18. The van der Waals surface area contributed by atoms with E-state index in [1.165, 1.54) is 5.01 Å². The molecule has 0 saturated heterocycles. The predicted molar refractivity (Wildman–Crippen MR) is 124 cm³/mol. The van der Waals surface area contributed by atoms with Crippen molar-refractivity contribution in [3.8, 4) is 11.4 Å². The van der Waals surface area contributed by atoms with Gasteiger partial charge in [0.2, 0.25) is 0 Å². The monoisotopic (exact) mass is 431 g/mol. The fourth-order valence-corrected chi connectivity index (χ4v) is 3.75. The van der Waals surface area contributed by atoms with E-state index in [-0.39, 0.29) is 16.8 Å². The Morgan fingerprint density at radius 2 is 1.19 bits per heavy atom. The lowest BCUT2D eigenvalue weighted by molar-refractivity contribution is 0.630. The average Bonchev–Trinajstić information content (AvgIpc) is 3.15. The minimum atomic E-state index is -0.278. The smallest absolute Gasteiger partial charge is 0.283 e. The number of rotatable bonds is 5. The van der Waals surface area contributed by atoms with Gasteiger partial charge >= 0.3 is 0 Å². The molecule has 0 aliphatic carbocycles. The van der Waals surface area contributed by atoms with Crippen molar-refractivity contribution in [3.05, 3.63) is 92.8 Å². The third-order valence-corrected chi connectivity index (χ3v) is 5.65. The number of para-hydroxylation sites is 2. The van der Waals surface area contributed by atoms with Crippen LogP contribution in [0.4, 0.5) is 11.4 Å². The molecule has 0 fully saturated rings. The fraction of sp³-hybridized carbons (Fsp3) is 0.217. The molecule has 164 valence electrons. The first kappa shape index (κ1) is 21.1. The molecule has 0 bridgehead atoms. The van der Waals surface area contributed by atoms with E-state index in [1.807, 2.05) is 81.6 Å². The van der Waals surface area contributed by atoms with Gasteiger partial charge in [0.15, 0.2) is 5.69 Å². The molecule has 9 nitrogen and oxygen atoms in total. The van der Waals surface area contributed by atoms with Gasteiger partial charge in [-0.05, 0) is 38.1 Å². The van der Waals surface area contributed by atoms with Crippen LogP contribution in [0.15, 0.2) is 80.6 Å². The van der Waals surface area contributed by atoms with E-state index in [2.05, 4.69) is 10.3 Å². The second-order valence-corrected chi connectivity index (χ2v) is 7.53. The number of benzene rings is 2. The summed E-state index contributed by atoms with van der Waals surface area (Å²) in [6.07, 6.45) is 0. The Bertz CT molecular complexity index is 1410. The van der Waals surface area contributed by atoms with Crippen LogP contribution in [0.2, 0.25) is 0 Å². The van der Waals surface area contributed by atoms with Crippen LogP contribution in [0.25, 0.3) is 11.4 Å². The molecule has 0 unspecified atom stereocenters. The Morgan fingerprint density at radius 1 is 0.719 bits per heavy atom. The van der Waals surface area contributed by atoms with Crippen molar-refractivity contribution in [1.82, 2.24) is 18.7 Å². The Balaban J connectivity index is 1.74. The minimum Gasteiger partial charge on any atom is -0.283 e. The van der Waals surface area contributed by atoms with Gasteiger partial charge in [-0.1, -0.05) is 41.6 Å². The topological polar surface area (TPSA) is 81.8 Å². The summed E-state index contributed by atoms with van der Waals surface area (Å²) in [6, 6.07) is 18.7. The van der Waals surface area contributed by atoms with Crippen LogP contribution < -0.4 is 16.1 Å². The van der Waals surface area contributed by atoms with Crippen molar-refractivity contribution < 1.29 is 0 Å². The first-order valence-electron chi connectivity index (χ1n) is 10.2. The molecule has 32 heavy (non-hydrogen) atoms. The molecule has 2 aromatic carbocycles. The Kier molecular flexibility index (Phi) is 5.40. The highest BCUT2D eigenvalue weighted by molar-refractivity contribution is 5.51. The van der Waals surface area contributed by atoms with Crippen molar-refractivity contribution in [2.45, 2.75) is 13.8 Å². The molecule has 4 rings (SSSR count). The molecule has 2 heterocycles. The van der Waals surface area contributed by atoms with Crippen LogP contribution in [0.5, 0.6) is 0 Å². The quantitative estimate of drug-likeness (QED) is 0.359. The third kappa shape index (κ3) is 3.37. The molecule has 0 saturated carbocycles. The maximum atomic E-state index is 13.2. The van der Waals surface area contributed by atoms with Crippen LogP contribution >= 0.6 is 0 Å². The SMILES string of the molecule is Cc1c(N=NN(C)c2c(C)n(C)n(-c3ccccc3)c2=O)c(=O)n(-c2ccccc2)n1C. The Hall–Kier alpha value is -4.14. The third-order valence-electron chi connectivity index (χ3n) is 5.65. The summed E-state index contributed by atoms with van der Waals surface area (Å²) in [5.74, 6) is 0. The van der Waals surface area contributed by atoms with Crippen LogP contribution in [0.1, 0.15) is 11.4 Å². The molecule has 0 N–H and O–H groups in total. The Morgan fingerprint density at radius 3 is 1.72 bits per heavy atom. The molecule has 9 heteroatoms. The summed E-state index contributed by atoms with van der Waals surface area (Å²) in [5.41, 5.74) is 3.00. The lowest BCUT2D eigenvalue weighted by Gasteiger charge is -2.09. The molecule has 0 aliphatic rings. The van der Waals surface area contributed by atoms with Crippen molar-refractivity contribution in [2.75, 3.05) is 12.1 Å². The zero-order valence-corrected chi connectivity index (χ0v) is 18.7. The van der Waals surface area contributed by atoms with Gasteiger partial charge < -0.3 is 0 Å². The van der Waals surface area contributed by atoms with E-state index in [0.717, 1.165) is 17.1 Å². The van der Waals surface area contributed by atoms with Gasteiger partial charge in [0.05, 0.1) is 22.8 Å². The molecule has 4 aromatic rings. The molecule has 0 spiro atoms. The summed E-state index contributed by atoms with van der Waals surface area (Å²) >= 11 is 0. The highest BCUT2D eigenvalue weighted by atomic mass is 16.1. The summed E-state index contributed by atoms with van der Waals surface area (Å²) < 4.78 is 6.63. The maximum absolute atomic E-state index is 13.2. The number of hydrogen-bond donors (Lipinski definition) is 0. The van der Waals surface area contributed by atoms with Gasteiger partial charge in [0.25, 0.3) is 11.1 Å². The summed E-state index contributed by atoms with van der Waals surface area (Å²) in [4.78, 5) is 26.2. The summed E-state index contributed by atoms with van der Waals surface area (Å²) in [6.45, 7) is 3.66. The summed E-state index contributed by atoms with van der Waals surface area (Å²) in [7, 11) is 5.26. The van der Waals surface area contributed by atoms with Crippen molar-refractivity contribution in [1.29, 1.82) is 0 Å². The number of anilines is 1. The van der Waals surface area contributed by atoms with E-state index in [4.69, 9.17) is 0 Å². The average molecular weight is 432 g/mol. The lowest BCUT2D eigenvalue weighted by Crippen LogP contribution is -2.23. The fourth-order valence-electron chi connectivity index (χ4n) is 3.75. The van der Waals surface area contributed by atoms with E-state index in [9.17, 15) is 9.59 Å². The van der Waals surface area contributed by atoms with E-state index in [0.29, 0.717) is 11.4 Å². The molecular formula is C23H25N7O2. The first-order chi connectivity index (χ1) is 15.3. The second-order valence-electron chi connectivity index (χ2n) is 7.53. The Labute approximate surface area is 185 Å². The largest absolute Gasteiger partial charge is 0.299 e. The maximum Gasteiger partial charge on any atom is 0.299 e. The van der Waals surface area contributed by atoms with Crippen molar-refractivity contribution in [3.63, 3.8) is 0 Å². The van der Waals surface area contributed by atoms with Crippen molar-refractivity contribution >= 4 is 11.4 Å². The minimum absolute atomic E-state index is 0.218. The molecule has 0 amide bonds.